The van der Waals surface area contributed by atoms with Gasteiger partial charge in [-0.15, -0.1) is 0 Å². The van der Waals surface area contributed by atoms with E-state index in [1.807, 2.05) is 48.2 Å². The molecular weight excluding hydrogens is 459 g/mol. The van der Waals surface area contributed by atoms with Crippen LogP contribution in [0.25, 0.3) is 22.6 Å². The standard InChI is InChI=1S/C28H25FN4O3/c1-17-3-2-4-22(30-17)26-25(20-7-10-23-24(15-20)36-16-35-23)31-27(32-26)18-11-13-33(14-12-18)28(34)19-5-8-21(29)9-6-19/h2-10,15,18H,11-14,16H2,1H3,(H,31,32). The minimum Gasteiger partial charge on any atom is -0.454 e. The van der Waals surface area contributed by atoms with Crippen LogP contribution in [0.5, 0.6) is 11.5 Å². The molecule has 0 atom stereocenters. The summed E-state index contributed by atoms with van der Waals surface area (Å²) in [7, 11) is 0. The minimum absolute atomic E-state index is 0.0707. The molecule has 4 aromatic rings. The predicted molar refractivity (Wildman–Crippen MR) is 132 cm³/mol. The number of fused-ring (bicyclic) bond motifs is 1. The lowest BCUT2D eigenvalue weighted by atomic mass is 9.95. The third kappa shape index (κ3) is 4.19. The molecule has 0 saturated carbocycles. The molecule has 1 fully saturated rings. The van der Waals surface area contributed by atoms with Crippen LogP contribution in [0, 0.1) is 12.7 Å². The van der Waals surface area contributed by atoms with Crippen molar-refractivity contribution in [2.75, 3.05) is 19.9 Å². The van der Waals surface area contributed by atoms with Crippen LogP contribution in [0.3, 0.4) is 0 Å². The lowest BCUT2D eigenvalue weighted by Gasteiger charge is -2.31. The summed E-state index contributed by atoms with van der Waals surface area (Å²) in [5.74, 6) is 2.07. The number of halogens is 1. The number of nitrogens with zero attached hydrogens (tertiary/aromatic N) is 3. The van der Waals surface area contributed by atoms with Gasteiger partial charge in [0.2, 0.25) is 6.79 Å². The molecule has 8 heteroatoms. The highest BCUT2D eigenvalue weighted by Crippen LogP contribution is 2.39. The Hall–Kier alpha value is -4.20. The van der Waals surface area contributed by atoms with Gasteiger partial charge in [-0.25, -0.2) is 9.37 Å². The first kappa shape index (κ1) is 22.3. The van der Waals surface area contributed by atoms with Gasteiger partial charge in [-0.1, -0.05) is 6.07 Å². The molecule has 0 radical (unpaired) electrons. The van der Waals surface area contributed by atoms with Gasteiger partial charge < -0.3 is 19.4 Å². The third-order valence-corrected chi connectivity index (χ3v) is 6.77. The maximum absolute atomic E-state index is 13.2. The summed E-state index contributed by atoms with van der Waals surface area (Å²) in [5, 5.41) is 0. The smallest absolute Gasteiger partial charge is 0.253 e. The van der Waals surface area contributed by atoms with Crippen molar-refractivity contribution < 1.29 is 18.7 Å². The number of aromatic amines is 1. The third-order valence-electron chi connectivity index (χ3n) is 6.77. The number of likely N-dealkylation sites (tertiary alicyclic amines) is 1. The van der Waals surface area contributed by atoms with Gasteiger partial charge in [0.05, 0.1) is 17.1 Å². The fourth-order valence-corrected chi connectivity index (χ4v) is 4.84. The van der Waals surface area contributed by atoms with E-state index in [-0.39, 0.29) is 24.4 Å². The number of nitrogens with one attached hydrogen (secondary N) is 1. The number of benzene rings is 2. The van der Waals surface area contributed by atoms with E-state index in [1.54, 1.807) is 0 Å². The summed E-state index contributed by atoms with van der Waals surface area (Å²) in [6, 6.07) is 17.5. The van der Waals surface area contributed by atoms with Crippen molar-refractivity contribution in [3.63, 3.8) is 0 Å². The van der Waals surface area contributed by atoms with Crippen molar-refractivity contribution in [2.45, 2.75) is 25.7 Å². The molecule has 182 valence electrons. The van der Waals surface area contributed by atoms with Crippen molar-refractivity contribution >= 4 is 5.91 Å². The van der Waals surface area contributed by atoms with Crippen LogP contribution in [-0.4, -0.2) is 45.6 Å². The zero-order chi connectivity index (χ0) is 24.6. The first-order chi connectivity index (χ1) is 17.5. The van der Waals surface area contributed by atoms with E-state index in [4.69, 9.17) is 19.4 Å². The number of ether oxygens (including phenoxy) is 2. The number of H-pyrrole nitrogens is 1. The molecule has 36 heavy (non-hydrogen) atoms. The number of hydrogen-bond donors (Lipinski definition) is 1. The molecule has 4 heterocycles. The second kappa shape index (κ2) is 9.11. The Morgan fingerprint density at radius 2 is 1.78 bits per heavy atom. The largest absolute Gasteiger partial charge is 0.454 e. The zero-order valence-corrected chi connectivity index (χ0v) is 19.8. The Bertz CT molecular complexity index is 1430. The summed E-state index contributed by atoms with van der Waals surface area (Å²) in [6.45, 7) is 3.40. The Balaban J connectivity index is 1.28. The Morgan fingerprint density at radius 1 is 1.00 bits per heavy atom. The molecule has 0 aliphatic carbocycles. The van der Waals surface area contributed by atoms with E-state index in [9.17, 15) is 9.18 Å². The number of rotatable bonds is 4. The summed E-state index contributed by atoms with van der Waals surface area (Å²) in [5.41, 5.74) is 4.84. The van der Waals surface area contributed by atoms with Crippen molar-refractivity contribution in [2.24, 2.45) is 0 Å². The quantitative estimate of drug-likeness (QED) is 0.423. The van der Waals surface area contributed by atoms with Crippen molar-refractivity contribution in [3.05, 3.63) is 83.6 Å². The van der Waals surface area contributed by atoms with E-state index in [0.717, 1.165) is 52.8 Å². The SMILES string of the molecule is Cc1cccc(-c2[nH]c(C3CCN(C(=O)c4ccc(F)cc4)CC3)nc2-c2ccc3c(c2)OCO3)n1. The van der Waals surface area contributed by atoms with Gasteiger partial charge in [0.15, 0.2) is 11.5 Å². The Labute approximate surface area is 207 Å². The number of carbonyl (C=O) groups excluding carboxylic acids is 1. The molecule has 7 nitrogen and oxygen atoms in total. The number of aryl methyl sites for hydroxylation is 1. The second-order valence-corrected chi connectivity index (χ2v) is 9.15. The number of carbonyl (C=O) groups is 1. The highest BCUT2D eigenvalue weighted by atomic mass is 19.1. The fourth-order valence-electron chi connectivity index (χ4n) is 4.84. The molecule has 1 saturated heterocycles. The zero-order valence-electron chi connectivity index (χ0n) is 19.8. The molecule has 6 rings (SSSR count). The highest BCUT2D eigenvalue weighted by molar-refractivity contribution is 5.94. The molecule has 1 N–H and O–H groups in total. The molecule has 0 bridgehead atoms. The molecule has 2 aromatic carbocycles. The van der Waals surface area contributed by atoms with Gasteiger partial charge in [0.25, 0.3) is 5.91 Å². The summed E-state index contributed by atoms with van der Waals surface area (Å²) in [4.78, 5) is 28.0. The molecule has 2 aromatic heterocycles. The van der Waals surface area contributed by atoms with Crippen LogP contribution in [0.15, 0.2) is 60.7 Å². The maximum atomic E-state index is 13.2. The van der Waals surface area contributed by atoms with Gasteiger partial charge in [0.1, 0.15) is 11.6 Å². The fraction of sp³-hybridized carbons (Fsp3) is 0.250. The number of aromatic nitrogens is 3. The highest BCUT2D eigenvalue weighted by Gasteiger charge is 2.28. The maximum Gasteiger partial charge on any atom is 0.253 e. The number of amides is 1. The lowest BCUT2D eigenvalue weighted by molar-refractivity contribution is 0.0711. The van der Waals surface area contributed by atoms with Crippen molar-refractivity contribution in [3.8, 4) is 34.1 Å². The average molecular weight is 485 g/mol. The van der Waals surface area contributed by atoms with Crippen LogP contribution >= 0.6 is 0 Å². The van der Waals surface area contributed by atoms with E-state index in [1.165, 1.54) is 24.3 Å². The minimum atomic E-state index is -0.347. The van der Waals surface area contributed by atoms with Crippen LogP contribution in [-0.2, 0) is 0 Å². The first-order valence-electron chi connectivity index (χ1n) is 12.0. The molecule has 1 amide bonds. The lowest BCUT2D eigenvalue weighted by Crippen LogP contribution is -2.38. The summed E-state index contributed by atoms with van der Waals surface area (Å²) >= 11 is 0. The predicted octanol–water partition coefficient (Wildman–Crippen LogP) is 5.33. The van der Waals surface area contributed by atoms with Gasteiger partial charge >= 0.3 is 0 Å². The monoisotopic (exact) mass is 484 g/mol. The normalized spacial score (nSPS) is 15.3. The number of hydrogen-bond acceptors (Lipinski definition) is 5. The van der Waals surface area contributed by atoms with E-state index in [0.29, 0.717) is 24.4 Å². The van der Waals surface area contributed by atoms with Gasteiger partial charge in [0, 0.05) is 35.8 Å². The summed E-state index contributed by atoms with van der Waals surface area (Å²) in [6.07, 6.45) is 1.56. The Kier molecular flexibility index (Phi) is 5.64. The first-order valence-corrected chi connectivity index (χ1v) is 12.0. The molecule has 2 aliphatic rings. The van der Waals surface area contributed by atoms with Crippen molar-refractivity contribution in [1.82, 2.24) is 19.9 Å². The van der Waals surface area contributed by atoms with Crippen molar-refractivity contribution in [1.29, 1.82) is 0 Å². The van der Waals surface area contributed by atoms with Crippen LogP contribution in [0.4, 0.5) is 4.39 Å². The summed E-state index contributed by atoms with van der Waals surface area (Å²) < 4.78 is 24.3. The number of pyridine rings is 1. The van der Waals surface area contributed by atoms with Crippen LogP contribution in [0.2, 0.25) is 0 Å². The molecule has 0 spiro atoms. The Morgan fingerprint density at radius 3 is 2.56 bits per heavy atom. The topological polar surface area (TPSA) is 80.3 Å². The van der Waals surface area contributed by atoms with Crippen LogP contribution < -0.4 is 9.47 Å². The van der Waals surface area contributed by atoms with Gasteiger partial charge in [-0.05, 0) is 74.4 Å². The second-order valence-electron chi connectivity index (χ2n) is 9.15. The van der Waals surface area contributed by atoms with Crippen LogP contribution in [0.1, 0.15) is 40.6 Å². The van der Waals surface area contributed by atoms with E-state index >= 15 is 0 Å². The number of imidazole rings is 1. The average Bonchev–Trinajstić information content (AvgIpc) is 3.56. The molecule has 0 unspecified atom stereocenters. The van der Waals surface area contributed by atoms with E-state index < -0.39 is 0 Å². The van der Waals surface area contributed by atoms with Gasteiger partial charge in [-0.3, -0.25) is 9.78 Å². The molecule has 2 aliphatic heterocycles. The van der Waals surface area contributed by atoms with Gasteiger partial charge in [-0.2, -0.15) is 0 Å². The number of piperidine rings is 1. The van der Waals surface area contributed by atoms with E-state index in [2.05, 4.69) is 4.98 Å². The molecular formula is C28H25FN4O3.